The third-order valence-electron chi connectivity index (χ3n) is 17.7. The Hall–Kier alpha value is -11.7. The van der Waals surface area contributed by atoms with Gasteiger partial charge in [0, 0.05) is 22.5 Å². The Labute approximate surface area is 509 Å². The fourth-order valence-corrected chi connectivity index (χ4v) is 13.7. The molecule has 0 aliphatic carbocycles. The lowest BCUT2D eigenvalue weighted by molar-refractivity contribution is 1.10. The van der Waals surface area contributed by atoms with Gasteiger partial charge in [-0.15, -0.1) is 0 Å². The molecule has 88 heavy (non-hydrogen) atoms. The van der Waals surface area contributed by atoms with Crippen molar-refractivity contribution in [3.63, 3.8) is 0 Å². The van der Waals surface area contributed by atoms with Gasteiger partial charge in [0.05, 0.1) is 22.1 Å². The number of benzene rings is 15. The molecule has 4 nitrogen and oxygen atoms in total. The van der Waals surface area contributed by atoms with E-state index >= 15 is 0 Å². The molecule has 0 aliphatic rings. The van der Waals surface area contributed by atoms with Crippen LogP contribution in [0.5, 0.6) is 0 Å². The number of hydrogen-bond acceptors (Lipinski definition) is 2. The van der Waals surface area contributed by atoms with Crippen molar-refractivity contribution >= 4 is 65.2 Å². The minimum absolute atomic E-state index is 0.879. The first-order valence-corrected chi connectivity index (χ1v) is 30.1. The lowest BCUT2D eigenvalue weighted by atomic mass is 9.85. The van der Waals surface area contributed by atoms with E-state index in [1.165, 1.54) is 93.2 Å². The third kappa shape index (κ3) is 8.53. The van der Waals surface area contributed by atoms with Crippen LogP contribution >= 0.6 is 0 Å². The van der Waals surface area contributed by atoms with Crippen LogP contribution in [0.25, 0.3) is 166 Å². The van der Waals surface area contributed by atoms with E-state index in [1.807, 2.05) is 0 Å². The molecule has 15 aromatic carbocycles. The minimum Gasteiger partial charge on any atom is -0.292 e. The lowest BCUT2D eigenvalue weighted by Crippen LogP contribution is -1.98. The third-order valence-corrected chi connectivity index (χ3v) is 17.7. The SMILES string of the molecule is c1ccc(-c2ccc(-c3c4ccccc4c(-c4ccc(-n5c(-c6ccccc6)nc6ccc(-c7cccc(-c8nc9ccccc9n8-c8ccc(-c9c%10ccccc%10c(-c%10ccccc%10)c%10ccccc9%10)cc8)c7)cc65)cc4)c4ccccc34)cc2)cc1. The zero-order chi connectivity index (χ0) is 58.1. The van der Waals surface area contributed by atoms with Gasteiger partial charge in [-0.2, -0.15) is 0 Å². The van der Waals surface area contributed by atoms with Crippen molar-refractivity contribution in [2.75, 3.05) is 0 Å². The van der Waals surface area contributed by atoms with Gasteiger partial charge >= 0.3 is 0 Å². The van der Waals surface area contributed by atoms with Gasteiger partial charge in [-0.25, -0.2) is 9.97 Å². The van der Waals surface area contributed by atoms with Crippen LogP contribution < -0.4 is 0 Å². The van der Waals surface area contributed by atoms with Gasteiger partial charge in [0.25, 0.3) is 0 Å². The van der Waals surface area contributed by atoms with Crippen molar-refractivity contribution in [2.45, 2.75) is 0 Å². The Morgan fingerprint density at radius 1 is 0.182 bits per heavy atom. The molecule has 0 spiro atoms. The van der Waals surface area contributed by atoms with Crippen LogP contribution in [-0.2, 0) is 0 Å². The predicted molar refractivity (Wildman–Crippen MR) is 369 cm³/mol. The van der Waals surface area contributed by atoms with Crippen molar-refractivity contribution in [3.8, 4) is 101 Å². The summed E-state index contributed by atoms with van der Waals surface area (Å²) in [5.74, 6) is 1.77. The van der Waals surface area contributed by atoms with E-state index in [4.69, 9.17) is 9.97 Å². The van der Waals surface area contributed by atoms with E-state index in [2.05, 4.69) is 337 Å². The quantitative estimate of drug-likeness (QED) is 0.128. The molecular weight excluding hydrogens is 1060 g/mol. The molecule has 410 valence electrons. The average molecular weight is 1120 g/mol. The second kappa shape index (κ2) is 21.1. The predicted octanol–water partition coefficient (Wildman–Crippen LogP) is 22.3. The highest BCUT2D eigenvalue weighted by molar-refractivity contribution is 6.23. The molecule has 0 unspecified atom stereocenters. The lowest BCUT2D eigenvalue weighted by Gasteiger charge is -2.18. The van der Waals surface area contributed by atoms with Crippen LogP contribution in [0.1, 0.15) is 0 Å². The molecule has 0 fully saturated rings. The topological polar surface area (TPSA) is 35.6 Å². The highest BCUT2D eigenvalue weighted by Crippen LogP contribution is 2.47. The standard InChI is InChI=1S/C84H54N4/c1-4-21-55(22-5-1)56-39-41-58(42-40-56)80-71-33-14-16-35-73(71)82(74-36-17-15-34-72(74)80)60-45-50-66(51-46-60)88-78-54-63(47-52-76(78)86-83(88)61-25-8-3-9-26-61)62-27-20-28-64(53-62)84-85-75-37-18-19-38-77(75)87(84)65-48-43-59(44-49-65)81-69-31-12-10-29-67(69)79(57-23-6-2-7-24-57)68-30-11-13-32-70(68)81/h1-54H. The molecule has 17 rings (SSSR count). The van der Waals surface area contributed by atoms with Crippen molar-refractivity contribution in [3.05, 3.63) is 328 Å². The summed E-state index contributed by atoms with van der Waals surface area (Å²) in [4.78, 5) is 10.8. The van der Waals surface area contributed by atoms with Crippen LogP contribution in [0.15, 0.2) is 328 Å². The van der Waals surface area contributed by atoms with Crippen LogP contribution in [0, 0.1) is 0 Å². The molecule has 0 saturated carbocycles. The molecule has 0 amide bonds. The van der Waals surface area contributed by atoms with Crippen molar-refractivity contribution in [1.82, 2.24) is 19.1 Å². The van der Waals surface area contributed by atoms with Gasteiger partial charge < -0.3 is 0 Å². The second-order valence-electron chi connectivity index (χ2n) is 22.8. The average Bonchev–Trinajstić information content (AvgIpc) is 1.19. The Morgan fingerprint density at radius 2 is 0.477 bits per heavy atom. The zero-order valence-electron chi connectivity index (χ0n) is 48.0. The molecule has 0 aliphatic heterocycles. The van der Waals surface area contributed by atoms with Gasteiger partial charge in [0.15, 0.2) is 0 Å². The van der Waals surface area contributed by atoms with Crippen LogP contribution in [0.3, 0.4) is 0 Å². The maximum Gasteiger partial charge on any atom is 0.145 e. The van der Waals surface area contributed by atoms with Crippen LogP contribution in [0.4, 0.5) is 0 Å². The number of imidazole rings is 2. The first kappa shape index (κ1) is 50.8. The van der Waals surface area contributed by atoms with E-state index < -0.39 is 0 Å². The van der Waals surface area contributed by atoms with E-state index in [9.17, 15) is 0 Å². The molecule has 0 saturated heterocycles. The first-order chi connectivity index (χ1) is 43.7. The highest BCUT2D eigenvalue weighted by Gasteiger charge is 2.22. The number of hydrogen-bond donors (Lipinski definition) is 0. The van der Waals surface area contributed by atoms with E-state index in [0.717, 1.165) is 72.9 Å². The smallest absolute Gasteiger partial charge is 0.145 e. The normalized spacial score (nSPS) is 11.6. The number of rotatable bonds is 10. The Morgan fingerprint density at radius 3 is 0.955 bits per heavy atom. The fraction of sp³-hybridized carbons (Fsp3) is 0. The van der Waals surface area contributed by atoms with E-state index in [1.54, 1.807) is 0 Å². The zero-order valence-corrected chi connectivity index (χ0v) is 48.0. The summed E-state index contributed by atoms with van der Waals surface area (Å²) in [6.07, 6.45) is 0. The Kier molecular flexibility index (Phi) is 12.2. The fourth-order valence-electron chi connectivity index (χ4n) is 13.7. The molecule has 17 aromatic rings. The summed E-state index contributed by atoms with van der Waals surface area (Å²) in [5, 5.41) is 9.85. The number of nitrogens with zero attached hydrogens (tertiary/aromatic N) is 4. The molecule has 0 atom stereocenters. The summed E-state index contributed by atoms with van der Waals surface area (Å²) >= 11 is 0. The Bertz CT molecular complexity index is 5400. The first-order valence-electron chi connectivity index (χ1n) is 30.1. The minimum atomic E-state index is 0.879. The summed E-state index contributed by atoms with van der Waals surface area (Å²) in [5.41, 5.74) is 22.4. The van der Waals surface area contributed by atoms with E-state index in [0.29, 0.717) is 0 Å². The van der Waals surface area contributed by atoms with Gasteiger partial charge in [-0.05, 0) is 164 Å². The molecule has 2 heterocycles. The maximum absolute atomic E-state index is 5.38. The molecule has 4 heteroatoms. The maximum atomic E-state index is 5.38. The number of aromatic nitrogens is 4. The Balaban J connectivity index is 0.751. The molecular formula is C84H54N4. The summed E-state index contributed by atoms with van der Waals surface area (Å²) < 4.78 is 4.64. The van der Waals surface area contributed by atoms with Crippen molar-refractivity contribution in [2.24, 2.45) is 0 Å². The van der Waals surface area contributed by atoms with E-state index in [-0.39, 0.29) is 0 Å². The molecule has 0 bridgehead atoms. The molecule has 0 N–H and O–H groups in total. The number of para-hydroxylation sites is 2. The van der Waals surface area contributed by atoms with Gasteiger partial charge in [-0.1, -0.05) is 273 Å². The highest BCUT2D eigenvalue weighted by atomic mass is 15.1. The largest absolute Gasteiger partial charge is 0.292 e. The van der Waals surface area contributed by atoms with Gasteiger partial charge in [-0.3, -0.25) is 9.13 Å². The second-order valence-corrected chi connectivity index (χ2v) is 22.8. The molecule has 2 aromatic heterocycles. The van der Waals surface area contributed by atoms with Gasteiger partial charge in [0.2, 0.25) is 0 Å². The number of fused-ring (bicyclic) bond motifs is 6. The summed E-state index contributed by atoms with van der Waals surface area (Å²) in [6.45, 7) is 0. The monoisotopic (exact) mass is 1120 g/mol. The molecule has 0 radical (unpaired) electrons. The van der Waals surface area contributed by atoms with Crippen molar-refractivity contribution in [1.29, 1.82) is 0 Å². The summed E-state index contributed by atoms with van der Waals surface area (Å²) in [6, 6.07) is 119. The van der Waals surface area contributed by atoms with Crippen LogP contribution in [0.2, 0.25) is 0 Å². The van der Waals surface area contributed by atoms with Gasteiger partial charge in [0.1, 0.15) is 11.6 Å². The summed E-state index contributed by atoms with van der Waals surface area (Å²) in [7, 11) is 0. The van der Waals surface area contributed by atoms with Crippen molar-refractivity contribution < 1.29 is 0 Å². The van der Waals surface area contributed by atoms with Crippen LogP contribution in [-0.4, -0.2) is 19.1 Å².